The van der Waals surface area contributed by atoms with Crippen molar-refractivity contribution >= 4 is 23.2 Å². The molecule has 1 aliphatic heterocycles. The summed E-state index contributed by atoms with van der Waals surface area (Å²) in [6.45, 7) is 1.80. The molecule has 0 unspecified atom stereocenters. The zero-order chi connectivity index (χ0) is 31.6. The quantitative estimate of drug-likeness (QED) is 0.241. The number of amides is 1. The Morgan fingerprint density at radius 3 is 2.51 bits per heavy atom. The molecule has 0 N–H and O–H groups in total. The predicted molar refractivity (Wildman–Crippen MR) is 161 cm³/mol. The van der Waals surface area contributed by atoms with Crippen molar-refractivity contribution in [3.05, 3.63) is 98.3 Å². The third-order valence-corrected chi connectivity index (χ3v) is 9.38. The number of nitrogens with zero attached hydrogens (tertiary/aromatic N) is 7. The van der Waals surface area contributed by atoms with Gasteiger partial charge in [0.25, 0.3) is 11.5 Å². The Hall–Kier alpha value is -4.45. The van der Waals surface area contributed by atoms with Gasteiger partial charge in [0, 0.05) is 35.3 Å². The Morgan fingerprint density at radius 1 is 1.11 bits per heavy atom. The Morgan fingerprint density at radius 2 is 1.87 bits per heavy atom. The molecule has 45 heavy (non-hydrogen) atoms. The summed E-state index contributed by atoms with van der Waals surface area (Å²) < 4.78 is 46.0. The smallest absolute Gasteiger partial charge is 0.330 e. The molecule has 3 aromatic heterocycles. The second kappa shape index (κ2) is 10.9. The summed E-state index contributed by atoms with van der Waals surface area (Å²) >= 11 is 5.81. The first-order valence-corrected chi connectivity index (χ1v) is 15.1. The average Bonchev–Trinajstić information content (AvgIpc) is 3.61. The van der Waals surface area contributed by atoms with Crippen molar-refractivity contribution < 1.29 is 18.0 Å². The number of aromatic nitrogens is 6. The maximum Gasteiger partial charge on any atom is 0.417 e. The van der Waals surface area contributed by atoms with Crippen LogP contribution in [0.1, 0.15) is 58.9 Å². The molecule has 232 valence electrons. The van der Waals surface area contributed by atoms with E-state index in [1.165, 1.54) is 17.4 Å². The summed E-state index contributed by atoms with van der Waals surface area (Å²) in [6.07, 6.45) is 3.08. The van der Waals surface area contributed by atoms with Gasteiger partial charge in [0.1, 0.15) is 12.0 Å². The first-order chi connectivity index (χ1) is 21.5. The molecule has 1 saturated carbocycles. The number of benzene rings is 2. The lowest BCUT2D eigenvalue weighted by Crippen LogP contribution is -2.46. The van der Waals surface area contributed by atoms with Crippen molar-refractivity contribution in [3.63, 3.8) is 0 Å². The molecule has 2 aliphatic rings. The number of aryl methyl sites for hydroxylation is 1. The van der Waals surface area contributed by atoms with Crippen molar-refractivity contribution in [2.75, 3.05) is 0 Å². The zero-order valence-electron chi connectivity index (χ0n) is 24.6. The summed E-state index contributed by atoms with van der Waals surface area (Å²) in [5.74, 6) is 0.622. The summed E-state index contributed by atoms with van der Waals surface area (Å²) in [4.78, 5) is 29.5. The van der Waals surface area contributed by atoms with Crippen molar-refractivity contribution in [1.82, 2.24) is 33.8 Å². The Labute approximate surface area is 260 Å². The van der Waals surface area contributed by atoms with Crippen LogP contribution in [0.3, 0.4) is 0 Å². The molecule has 0 bridgehead atoms. The monoisotopic (exact) mass is 635 g/mol. The SMILES string of the molecule is C[C@H]1Cc2c(n3ncc(CC4CCC4)c3n(-c3ccc(-c4nncn4C)cc3)c2=O)CN1C(=O)c1ccc(Cl)c(C(F)(F)F)c1. The average molecular weight is 636 g/mol. The molecule has 1 aliphatic carbocycles. The van der Waals surface area contributed by atoms with E-state index in [0.29, 0.717) is 34.3 Å². The molecule has 13 heteroatoms. The van der Waals surface area contributed by atoms with E-state index >= 15 is 0 Å². The van der Waals surface area contributed by atoms with Gasteiger partial charge in [0.15, 0.2) is 5.82 Å². The topological polar surface area (TPSA) is 90.3 Å². The molecule has 0 saturated heterocycles. The number of alkyl halides is 3. The Bertz CT molecular complexity index is 2010. The highest BCUT2D eigenvalue weighted by atomic mass is 35.5. The minimum Gasteiger partial charge on any atom is -0.330 e. The molecule has 1 fully saturated rings. The van der Waals surface area contributed by atoms with Crippen LogP contribution in [0.25, 0.3) is 22.7 Å². The normalized spacial score (nSPS) is 17.0. The lowest BCUT2D eigenvalue weighted by atomic mass is 9.81. The molecule has 1 amide bonds. The van der Waals surface area contributed by atoms with Gasteiger partial charge in [-0.3, -0.25) is 14.2 Å². The van der Waals surface area contributed by atoms with Crippen LogP contribution in [0.5, 0.6) is 0 Å². The van der Waals surface area contributed by atoms with Gasteiger partial charge in [-0.15, -0.1) is 10.2 Å². The van der Waals surface area contributed by atoms with E-state index in [1.54, 1.807) is 28.5 Å². The van der Waals surface area contributed by atoms with Gasteiger partial charge < -0.3 is 9.47 Å². The van der Waals surface area contributed by atoms with Gasteiger partial charge in [-0.1, -0.05) is 30.9 Å². The fourth-order valence-corrected chi connectivity index (χ4v) is 6.62. The number of fused-ring (bicyclic) bond motifs is 3. The van der Waals surface area contributed by atoms with Crippen LogP contribution < -0.4 is 5.56 Å². The van der Waals surface area contributed by atoms with E-state index in [-0.39, 0.29) is 24.1 Å². The highest BCUT2D eigenvalue weighted by molar-refractivity contribution is 6.31. The minimum atomic E-state index is -4.71. The van der Waals surface area contributed by atoms with E-state index in [2.05, 4.69) is 10.2 Å². The first-order valence-electron chi connectivity index (χ1n) is 14.8. The lowest BCUT2D eigenvalue weighted by molar-refractivity contribution is -0.137. The fraction of sp³-hybridized carbons (Fsp3) is 0.344. The van der Waals surface area contributed by atoms with Crippen molar-refractivity contribution in [3.8, 4) is 17.1 Å². The Kier molecular flexibility index (Phi) is 7.07. The number of carbonyl (C=O) groups is 1. The van der Waals surface area contributed by atoms with Crippen molar-refractivity contribution in [1.29, 1.82) is 0 Å². The Balaban J connectivity index is 1.33. The standard InChI is InChI=1S/C32H29ClF3N7O2/c1-18-12-24-27(16-41(18)30(44)21-8-11-26(33)25(14-21)32(34,35)36)43-29(22(15-38-43)13-19-4-3-5-19)42(31(24)45)23-9-6-20(7-10-23)28-39-37-17-40(28)2/h6-11,14-15,17-19H,3-5,12-13,16H2,1-2H3/t18-/m0/s1. The second-order valence-corrected chi connectivity index (χ2v) is 12.4. The molecule has 1 atom stereocenters. The lowest BCUT2D eigenvalue weighted by Gasteiger charge is -2.35. The van der Waals surface area contributed by atoms with Crippen LogP contribution in [-0.4, -0.2) is 45.8 Å². The molecule has 4 heterocycles. The molecule has 5 aromatic rings. The first kappa shape index (κ1) is 29.3. The molecule has 9 nitrogen and oxygen atoms in total. The van der Waals surface area contributed by atoms with E-state index in [4.69, 9.17) is 16.7 Å². The van der Waals surface area contributed by atoms with Crippen LogP contribution >= 0.6 is 11.6 Å². The van der Waals surface area contributed by atoms with E-state index < -0.39 is 28.7 Å². The molecule has 0 spiro atoms. The largest absolute Gasteiger partial charge is 0.417 e. The summed E-state index contributed by atoms with van der Waals surface area (Å²) in [6, 6.07) is 10.3. The molecule has 0 radical (unpaired) electrons. The van der Waals surface area contributed by atoms with Crippen LogP contribution in [0, 0.1) is 5.92 Å². The minimum absolute atomic E-state index is 0.0154. The van der Waals surface area contributed by atoms with Gasteiger partial charge in [0.2, 0.25) is 0 Å². The van der Waals surface area contributed by atoms with Gasteiger partial charge in [-0.05, 0) is 68.1 Å². The molecule has 2 aromatic carbocycles. The maximum atomic E-state index is 14.4. The number of hydrogen-bond acceptors (Lipinski definition) is 5. The third-order valence-electron chi connectivity index (χ3n) is 9.05. The van der Waals surface area contributed by atoms with Gasteiger partial charge in [-0.25, -0.2) is 4.52 Å². The summed E-state index contributed by atoms with van der Waals surface area (Å²) in [5, 5.41) is 12.4. The second-order valence-electron chi connectivity index (χ2n) is 12.0. The van der Waals surface area contributed by atoms with Crippen molar-refractivity contribution in [2.45, 2.75) is 57.8 Å². The van der Waals surface area contributed by atoms with E-state index in [1.807, 2.05) is 35.9 Å². The van der Waals surface area contributed by atoms with Crippen molar-refractivity contribution in [2.24, 2.45) is 13.0 Å². The maximum absolute atomic E-state index is 14.4. The van der Waals surface area contributed by atoms with E-state index in [9.17, 15) is 22.8 Å². The summed E-state index contributed by atoms with van der Waals surface area (Å²) in [5.41, 5.74) is 2.75. The van der Waals surface area contributed by atoms with E-state index in [0.717, 1.165) is 42.5 Å². The predicted octanol–water partition coefficient (Wildman–Crippen LogP) is 5.88. The molecular weight excluding hydrogens is 607 g/mol. The van der Waals surface area contributed by atoms with Crippen LogP contribution in [0.4, 0.5) is 13.2 Å². The fourth-order valence-electron chi connectivity index (χ4n) is 6.39. The van der Waals surface area contributed by atoms with Gasteiger partial charge in [-0.2, -0.15) is 18.3 Å². The van der Waals surface area contributed by atoms with Crippen LogP contribution in [0.2, 0.25) is 5.02 Å². The molecule has 7 rings (SSSR count). The van der Waals surface area contributed by atoms with Crippen LogP contribution in [-0.2, 0) is 32.6 Å². The number of hydrogen-bond donors (Lipinski definition) is 0. The highest BCUT2D eigenvalue weighted by Gasteiger charge is 2.37. The third kappa shape index (κ3) is 5.01. The van der Waals surface area contributed by atoms with Gasteiger partial charge in [0.05, 0.1) is 34.7 Å². The number of halogens is 4. The van der Waals surface area contributed by atoms with Gasteiger partial charge >= 0.3 is 6.18 Å². The zero-order valence-corrected chi connectivity index (χ0v) is 25.3. The summed E-state index contributed by atoms with van der Waals surface area (Å²) in [7, 11) is 1.86. The number of rotatable bonds is 5. The van der Waals surface area contributed by atoms with Crippen LogP contribution in [0.15, 0.2) is 59.8 Å². The highest BCUT2D eigenvalue weighted by Crippen LogP contribution is 2.36. The molecular formula is C32H29ClF3N7O2. The number of carbonyl (C=O) groups excluding carboxylic acids is 1.